The summed E-state index contributed by atoms with van der Waals surface area (Å²) < 4.78 is 17.6. The molecular formula is C19H19FN2O4. The maximum atomic E-state index is 13.0. The number of rotatable bonds is 6. The summed E-state index contributed by atoms with van der Waals surface area (Å²) in [6, 6.07) is 11.8. The molecule has 0 aliphatic rings. The fraction of sp³-hybridized carbons (Fsp3) is 0.211. The molecule has 26 heavy (non-hydrogen) atoms. The predicted octanol–water partition coefficient (Wildman–Crippen LogP) is 2.99. The van der Waals surface area contributed by atoms with Crippen molar-refractivity contribution in [2.24, 2.45) is 0 Å². The third kappa shape index (κ3) is 5.14. The van der Waals surface area contributed by atoms with Crippen molar-refractivity contribution in [3.63, 3.8) is 0 Å². The highest BCUT2D eigenvalue weighted by Gasteiger charge is 2.14. The van der Waals surface area contributed by atoms with Gasteiger partial charge < -0.3 is 15.0 Å². The van der Waals surface area contributed by atoms with Gasteiger partial charge in [-0.25, -0.2) is 9.18 Å². The second-order valence-electron chi connectivity index (χ2n) is 5.51. The number of amides is 2. The minimum absolute atomic E-state index is 0.0652. The normalized spacial score (nSPS) is 10.1. The van der Waals surface area contributed by atoms with Gasteiger partial charge in [-0.05, 0) is 48.5 Å². The number of carbonyl (C=O) groups excluding carboxylic acids is 3. The Bertz CT molecular complexity index is 788. The first kappa shape index (κ1) is 19.1. The predicted molar refractivity (Wildman–Crippen MR) is 95.5 cm³/mol. The van der Waals surface area contributed by atoms with E-state index >= 15 is 0 Å². The molecule has 0 saturated carbocycles. The van der Waals surface area contributed by atoms with Crippen LogP contribution in [0.25, 0.3) is 0 Å². The lowest BCUT2D eigenvalue weighted by Crippen LogP contribution is -2.31. The summed E-state index contributed by atoms with van der Waals surface area (Å²) in [5, 5.41) is 2.69. The van der Waals surface area contributed by atoms with Gasteiger partial charge in [0, 0.05) is 31.3 Å². The first-order chi connectivity index (χ1) is 12.4. The maximum Gasteiger partial charge on any atom is 0.337 e. The summed E-state index contributed by atoms with van der Waals surface area (Å²) in [7, 11) is 1.29. The topological polar surface area (TPSA) is 75.7 Å². The summed E-state index contributed by atoms with van der Waals surface area (Å²) in [6.45, 7) is 1.54. The Morgan fingerprint density at radius 1 is 1.04 bits per heavy atom. The fourth-order valence-electron chi connectivity index (χ4n) is 2.33. The van der Waals surface area contributed by atoms with E-state index in [2.05, 4.69) is 10.1 Å². The van der Waals surface area contributed by atoms with Gasteiger partial charge in [0.25, 0.3) is 0 Å². The highest BCUT2D eigenvalue weighted by atomic mass is 19.1. The Labute approximate surface area is 150 Å². The Morgan fingerprint density at radius 3 is 2.19 bits per heavy atom. The van der Waals surface area contributed by atoms with E-state index in [1.807, 2.05) is 0 Å². The fourth-order valence-corrected chi connectivity index (χ4v) is 2.33. The minimum Gasteiger partial charge on any atom is -0.465 e. The quantitative estimate of drug-likeness (QED) is 0.806. The number of ether oxygens (including phenoxy) is 1. The van der Waals surface area contributed by atoms with Crippen LogP contribution in [-0.2, 0) is 14.3 Å². The van der Waals surface area contributed by atoms with Crippen molar-refractivity contribution >= 4 is 29.2 Å². The smallest absolute Gasteiger partial charge is 0.337 e. The number of hydrogen-bond acceptors (Lipinski definition) is 4. The zero-order chi connectivity index (χ0) is 19.1. The number of benzene rings is 2. The monoisotopic (exact) mass is 358 g/mol. The van der Waals surface area contributed by atoms with Crippen LogP contribution in [0.1, 0.15) is 23.7 Å². The summed E-state index contributed by atoms with van der Waals surface area (Å²) in [5.41, 5.74) is 1.43. The summed E-state index contributed by atoms with van der Waals surface area (Å²) >= 11 is 0. The van der Waals surface area contributed by atoms with Crippen LogP contribution >= 0.6 is 0 Å². The third-order valence-corrected chi connectivity index (χ3v) is 3.67. The third-order valence-electron chi connectivity index (χ3n) is 3.67. The molecule has 136 valence electrons. The Hall–Kier alpha value is -3.22. The van der Waals surface area contributed by atoms with Gasteiger partial charge >= 0.3 is 5.97 Å². The maximum absolute atomic E-state index is 13.0. The van der Waals surface area contributed by atoms with Gasteiger partial charge in [-0.1, -0.05) is 0 Å². The second-order valence-corrected chi connectivity index (χ2v) is 5.51. The molecule has 0 heterocycles. The molecule has 0 spiro atoms. The molecule has 0 atom stereocenters. The summed E-state index contributed by atoms with van der Waals surface area (Å²) in [5.74, 6) is -1.39. The Kier molecular flexibility index (Phi) is 6.43. The number of hydrogen-bond donors (Lipinski definition) is 1. The van der Waals surface area contributed by atoms with Crippen molar-refractivity contribution in [1.29, 1.82) is 0 Å². The molecule has 0 unspecified atom stereocenters. The van der Waals surface area contributed by atoms with Gasteiger partial charge in [0.05, 0.1) is 12.7 Å². The van der Waals surface area contributed by atoms with Crippen LogP contribution in [0.4, 0.5) is 15.8 Å². The Morgan fingerprint density at radius 2 is 1.65 bits per heavy atom. The van der Waals surface area contributed by atoms with Crippen molar-refractivity contribution in [1.82, 2.24) is 0 Å². The molecule has 2 rings (SSSR count). The largest absolute Gasteiger partial charge is 0.465 e. The van der Waals surface area contributed by atoms with Crippen LogP contribution in [0.2, 0.25) is 0 Å². The van der Waals surface area contributed by atoms with Crippen LogP contribution in [0.5, 0.6) is 0 Å². The molecular weight excluding hydrogens is 339 g/mol. The standard InChI is InChI=1S/C19H19FN2O4/c1-13(23)22(17-9-5-15(20)6-10-17)12-11-18(24)21-16-7-3-14(4-8-16)19(25)26-2/h3-10H,11-12H2,1-2H3,(H,21,24). The molecule has 2 amide bonds. The van der Waals surface area contributed by atoms with Crippen LogP contribution in [0, 0.1) is 5.82 Å². The van der Waals surface area contributed by atoms with Gasteiger partial charge in [-0.2, -0.15) is 0 Å². The van der Waals surface area contributed by atoms with E-state index in [-0.39, 0.29) is 24.8 Å². The van der Waals surface area contributed by atoms with Crippen LogP contribution in [0.3, 0.4) is 0 Å². The van der Waals surface area contributed by atoms with Crippen molar-refractivity contribution in [3.05, 3.63) is 59.9 Å². The van der Waals surface area contributed by atoms with E-state index in [0.717, 1.165) is 0 Å². The summed E-state index contributed by atoms with van der Waals surface area (Å²) in [4.78, 5) is 36.7. The van der Waals surface area contributed by atoms with Crippen molar-refractivity contribution in [3.8, 4) is 0 Å². The van der Waals surface area contributed by atoms with E-state index in [0.29, 0.717) is 16.9 Å². The van der Waals surface area contributed by atoms with Gasteiger partial charge in [0.15, 0.2) is 0 Å². The summed E-state index contributed by atoms with van der Waals surface area (Å²) in [6.07, 6.45) is 0.0652. The van der Waals surface area contributed by atoms with Crippen LogP contribution in [0.15, 0.2) is 48.5 Å². The Balaban J connectivity index is 1.95. The van der Waals surface area contributed by atoms with Crippen molar-refractivity contribution < 1.29 is 23.5 Å². The molecule has 0 aliphatic carbocycles. The molecule has 0 radical (unpaired) electrons. The van der Waals surface area contributed by atoms with Crippen LogP contribution in [-0.4, -0.2) is 31.4 Å². The molecule has 2 aromatic rings. The molecule has 0 fully saturated rings. The number of esters is 1. The van der Waals surface area contributed by atoms with E-state index in [1.165, 1.54) is 43.2 Å². The highest BCUT2D eigenvalue weighted by molar-refractivity contribution is 5.95. The molecule has 7 heteroatoms. The van der Waals surface area contributed by atoms with Gasteiger partial charge in [0.1, 0.15) is 5.82 Å². The molecule has 2 aromatic carbocycles. The average molecular weight is 358 g/mol. The van der Waals surface area contributed by atoms with Crippen LogP contribution < -0.4 is 10.2 Å². The number of methoxy groups -OCH3 is 1. The average Bonchev–Trinajstić information content (AvgIpc) is 2.63. The van der Waals surface area contributed by atoms with E-state index < -0.39 is 11.8 Å². The zero-order valence-electron chi connectivity index (χ0n) is 14.5. The van der Waals surface area contributed by atoms with Crippen molar-refractivity contribution in [2.45, 2.75) is 13.3 Å². The first-order valence-corrected chi connectivity index (χ1v) is 7.92. The number of anilines is 2. The molecule has 0 bridgehead atoms. The molecule has 1 N–H and O–H groups in total. The van der Waals surface area contributed by atoms with E-state index in [9.17, 15) is 18.8 Å². The van der Waals surface area contributed by atoms with Gasteiger partial charge in [-0.15, -0.1) is 0 Å². The first-order valence-electron chi connectivity index (χ1n) is 7.92. The van der Waals surface area contributed by atoms with Gasteiger partial charge in [-0.3, -0.25) is 9.59 Å². The number of halogens is 1. The van der Waals surface area contributed by atoms with Gasteiger partial charge in [0.2, 0.25) is 11.8 Å². The zero-order valence-corrected chi connectivity index (χ0v) is 14.5. The minimum atomic E-state index is -0.459. The van der Waals surface area contributed by atoms with Crippen molar-refractivity contribution in [2.75, 3.05) is 23.9 Å². The molecule has 0 aliphatic heterocycles. The SMILES string of the molecule is COC(=O)c1ccc(NC(=O)CCN(C(C)=O)c2ccc(F)cc2)cc1. The molecule has 0 aromatic heterocycles. The number of nitrogens with one attached hydrogen (secondary N) is 1. The molecule has 6 nitrogen and oxygen atoms in total. The van der Waals surface area contributed by atoms with E-state index in [1.54, 1.807) is 24.3 Å². The highest BCUT2D eigenvalue weighted by Crippen LogP contribution is 2.16. The number of nitrogens with zero attached hydrogens (tertiary/aromatic N) is 1. The molecule has 0 saturated heterocycles. The lowest BCUT2D eigenvalue weighted by atomic mass is 10.2. The van der Waals surface area contributed by atoms with E-state index in [4.69, 9.17) is 0 Å². The number of carbonyl (C=O) groups is 3. The lowest BCUT2D eigenvalue weighted by molar-refractivity contribution is -0.117. The second kappa shape index (κ2) is 8.75. The lowest BCUT2D eigenvalue weighted by Gasteiger charge is -2.21.